The third kappa shape index (κ3) is 4.35. The molecule has 2 heterocycles. The molecule has 1 aliphatic carbocycles. The Morgan fingerprint density at radius 3 is 2.88 bits per heavy atom. The van der Waals surface area contributed by atoms with Crippen LogP contribution in [0.4, 0.5) is 0 Å². The van der Waals surface area contributed by atoms with E-state index in [0.29, 0.717) is 30.9 Å². The summed E-state index contributed by atoms with van der Waals surface area (Å²) in [6.45, 7) is 4.46. The van der Waals surface area contributed by atoms with Crippen LogP contribution in [-0.2, 0) is 11.3 Å². The van der Waals surface area contributed by atoms with Crippen molar-refractivity contribution in [3.8, 4) is 6.07 Å². The molecule has 0 unspecified atom stereocenters. The fraction of sp³-hybridized carbons (Fsp3) is 0.765. The molecule has 136 valence electrons. The van der Waals surface area contributed by atoms with E-state index in [9.17, 15) is 10.1 Å². The highest BCUT2D eigenvalue weighted by molar-refractivity contribution is 5.79. The zero-order valence-electron chi connectivity index (χ0n) is 15.0. The second-order valence-corrected chi connectivity index (χ2v) is 7.26. The molecule has 1 aromatic heterocycles. The van der Waals surface area contributed by atoms with Crippen molar-refractivity contribution < 1.29 is 9.21 Å². The van der Waals surface area contributed by atoms with Gasteiger partial charge in [-0.05, 0) is 39.2 Å². The number of hydrogen-bond donors (Lipinski definition) is 1. The summed E-state index contributed by atoms with van der Waals surface area (Å²) in [5.41, 5.74) is -0.636. The van der Waals surface area contributed by atoms with E-state index in [2.05, 4.69) is 31.4 Å². The van der Waals surface area contributed by atoms with E-state index in [0.717, 1.165) is 45.2 Å². The quantitative estimate of drug-likeness (QED) is 0.815. The first kappa shape index (κ1) is 17.8. The Hall–Kier alpha value is -1.98. The molecule has 2 aliphatic rings. The number of hydrogen-bond acceptors (Lipinski definition) is 7. The van der Waals surface area contributed by atoms with Crippen LogP contribution in [0.1, 0.15) is 43.9 Å². The van der Waals surface area contributed by atoms with Crippen molar-refractivity contribution in [1.82, 2.24) is 25.3 Å². The fourth-order valence-corrected chi connectivity index (χ4v) is 3.81. The normalized spacial score (nSPS) is 23.0. The predicted octanol–water partition coefficient (Wildman–Crippen LogP) is 0.837. The predicted molar refractivity (Wildman–Crippen MR) is 90.3 cm³/mol. The summed E-state index contributed by atoms with van der Waals surface area (Å²) >= 11 is 0. The Bertz CT molecular complexity index is 646. The molecule has 1 saturated heterocycles. The van der Waals surface area contributed by atoms with Crippen molar-refractivity contribution in [2.24, 2.45) is 0 Å². The van der Waals surface area contributed by atoms with Gasteiger partial charge in [-0.15, -0.1) is 10.2 Å². The van der Waals surface area contributed by atoms with Crippen molar-refractivity contribution in [3.05, 3.63) is 11.8 Å². The minimum atomic E-state index is -0.636. The molecule has 8 nitrogen and oxygen atoms in total. The smallest absolute Gasteiger partial charge is 0.235 e. The summed E-state index contributed by atoms with van der Waals surface area (Å²) in [7, 11) is 2.04. The lowest BCUT2D eigenvalue weighted by molar-refractivity contribution is -0.123. The highest BCUT2D eigenvalue weighted by Crippen LogP contribution is 2.28. The molecule has 1 aliphatic heterocycles. The van der Waals surface area contributed by atoms with Crippen molar-refractivity contribution in [2.45, 2.75) is 57.2 Å². The van der Waals surface area contributed by atoms with Gasteiger partial charge in [0.25, 0.3) is 0 Å². The molecule has 1 saturated carbocycles. The number of nitriles is 1. The molecule has 1 amide bonds. The number of carbonyl (C=O) groups excluding carboxylic acids is 1. The maximum absolute atomic E-state index is 12.3. The number of likely N-dealkylation sites (tertiary alicyclic amines) is 1. The standard InChI is InChI=1S/C17H26N6O2/c1-13-20-21-16(25-13)11-22(2)14-5-8-23(9-14)10-15(24)19-17(12-18)6-3-4-7-17/h14H,3-11H2,1-2H3,(H,19,24)/t14-/m1/s1. The van der Waals surface area contributed by atoms with Crippen LogP contribution in [-0.4, -0.2) is 64.2 Å². The van der Waals surface area contributed by atoms with Crippen molar-refractivity contribution in [3.63, 3.8) is 0 Å². The Morgan fingerprint density at radius 1 is 1.48 bits per heavy atom. The van der Waals surface area contributed by atoms with E-state index >= 15 is 0 Å². The van der Waals surface area contributed by atoms with Gasteiger partial charge < -0.3 is 9.73 Å². The Labute approximate surface area is 148 Å². The number of likely N-dealkylation sites (N-methyl/N-ethyl adjacent to an activating group) is 1. The van der Waals surface area contributed by atoms with Crippen molar-refractivity contribution >= 4 is 5.91 Å². The van der Waals surface area contributed by atoms with Gasteiger partial charge >= 0.3 is 0 Å². The number of aromatic nitrogens is 2. The van der Waals surface area contributed by atoms with Gasteiger partial charge in [-0.3, -0.25) is 14.6 Å². The maximum atomic E-state index is 12.3. The number of nitrogens with one attached hydrogen (secondary N) is 1. The first-order valence-corrected chi connectivity index (χ1v) is 8.93. The van der Waals surface area contributed by atoms with E-state index in [1.807, 2.05) is 7.05 Å². The van der Waals surface area contributed by atoms with E-state index in [4.69, 9.17) is 4.42 Å². The molecule has 1 atom stereocenters. The van der Waals surface area contributed by atoms with Gasteiger partial charge in [-0.25, -0.2) is 0 Å². The summed E-state index contributed by atoms with van der Waals surface area (Å²) in [5, 5.41) is 20.2. The molecule has 8 heteroatoms. The third-order valence-corrected chi connectivity index (χ3v) is 5.24. The molecule has 0 radical (unpaired) electrons. The van der Waals surface area contributed by atoms with Crippen LogP contribution >= 0.6 is 0 Å². The summed E-state index contributed by atoms with van der Waals surface area (Å²) < 4.78 is 5.43. The summed E-state index contributed by atoms with van der Waals surface area (Å²) in [6, 6.07) is 2.67. The SMILES string of the molecule is Cc1nnc(CN(C)[C@@H]2CCN(CC(=O)NC3(C#N)CCCC3)C2)o1. The highest BCUT2D eigenvalue weighted by atomic mass is 16.4. The molecule has 25 heavy (non-hydrogen) atoms. The lowest BCUT2D eigenvalue weighted by Gasteiger charge is -2.25. The number of nitrogens with zero attached hydrogens (tertiary/aromatic N) is 5. The number of carbonyl (C=O) groups is 1. The Balaban J connectivity index is 1.46. The highest BCUT2D eigenvalue weighted by Gasteiger charge is 2.36. The van der Waals surface area contributed by atoms with Crippen LogP contribution in [0.15, 0.2) is 4.42 Å². The first-order valence-electron chi connectivity index (χ1n) is 8.93. The molecule has 0 bridgehead atoms. The van der Waals surface area contributed by atoms with Gasteiger partial charge in [0, 0.05) is 26.1 Å². The summed E-state index contributed by atoms with van der Waals surface area (Å²) in [6.07, 6.45) is 4.56. The van der Waals surface area contributed by atoms with Crippen molar-refractivity contribution in [1.29, 1.82) is 5.26 Å². The largest absolute Gasteiger partial charge is 0.424 e. The maximum Gasteiger partial charge on any atom is 0.235 e. The van der Waals surface area contributed by atoms with Crippen LogP contribution in [0.3, 0.4) is 0 Å². The van der Waals surface area contributed by atoms with Crippen LogP contribution < -0.4 is 5.32 Å². The van der Waals surface area contributed by atoms with Crippen LogP contribution in [0.25, 0.3) is 0 Å². The van der Waals surface area contributed by atoms with Crippen LogP contribution in [0, 0.1) is 18.3 Å². The van der Waals surface area contributed by atoms with E-state index < -0.39 is 5.54 Å². The molecule has 3 rings (SSSR count). The summed E-state index contributed by atoms with van der Waals surface area (Å²) in [4.78, 5) is 16.7. The lowest BCUT2D eigenvalue weighted by atomic mass is 10.00. The molecule has 0 aromatic carbocycles. The average Bonchev–Trinajstić information content (AvgIpc) is 3.30. The molecule has 1 aromatic rings. The van der Waals surface area contributed by atoms with E-state index in [1.54, 1.807) is 6.92 Å². The van der Waals surface area contributed by atoms with Crippen LogP contribution in [0.5, 0.6) is 0 Å². The zero-order valence-corrected chi connectivity index (χ0v) is 15.0. The van der Waals surface area contributed by atoms with Gasteiger partial charge in [0.1, 0.15) is 5.54 Å². The molecular formula is C17H26N6O2. The van der Waals surface area contributed by atoms with Crippen molar-refractivity contribution in [2.75, 3.05) is 26.7 Å². The Kier molecular flexibility index (Phi) is 5.35. The molecular weight excluding hydrogens is 320 g/mol. The Morgan fingerprint density at radius 2 is 2.24 bits per heavy atom. The average molecular weight is 346 g/mol. The molecule has 1 N–H and O–H groups in total. The van der Waals surface area contributed by atoms with Gasteiger partial charge in [0.15, 0.2) is 0 Å². The van der Waals surface area contributed by atoms with Gasteiger partial charge in [0.2, 0.25) is 17.7 Å². The van der Waals surface area contributed by atoms with Gasteiger partial charge in [0.05, 0.1) is 19.2 Å². The minimum absolute atomic E-state index is 0.0423. The molecule has 2 fully saturated rings. The van der Waals surface area contributed by atoms with Gasteiger partial charge in [-0.1, -0.05) is 0 Å². The number of rotatable bonds is 6. The van der Waals surface area contributed by atoms with Crippen LogP contribution in [0.2, 0.25) is 0 Å². The van der Waals surface area contributed by atoms with Gasteiger partial charge in [-0.2, -0.15) is 5.26 Å². The number of aryl methyl sites for hydroxylation is 1. The summed E-state index contributed by atoms with van der Waals surface area (Å²) in [5.74, 6) is 1.15. The first-order chi connectivity index (χ1) is 12.0. The molecule has 0 spiro atoms. The second kappa shape index (κ2) is 7.50. The van der Waals surface area contributed by atoms with E-state index in [-0.39, 0.29) is 5.91 Å². The number of amides is 1. The third-order valence-electron chi connectivity index (χ3n) is 5.24. The monoisotopic (exact) mass is 346 g/mol. The minimum Gasteiger partial charge on any atom is -0.424 e. The van der Waals surface area contributed by atoms with E-state index in [1.165, 1.54) is 0 Å². The zero-order chi connectivity index (χ0) is 17.9. The lowest BCUT2D eigenvalue weighted by Crippen LogP contribution is -2.49. The topological polar surface area (TPSA) is 98.3 Å². The second-order valence-electron chi connectivity index (χ2n) is 7.26. The fourth-order valence-electron chi connectivity index (χ4n) is 3.81.